The van der Waals surface area contributed by atoms with Crippen molar-refractivity contribution in [3.05, 3.63) is 10.8 Å². The molecule has 0 aliphatic heterocycles. The summed E-state index contributed by atoms with van der Waals surface area (Å²) < 4.78 is 5.22. The molecule has 2 aromatic rings. The molecule has 0 aliphatic carbocycles. The van der Waals surface area contributed by atoms with Crippen LogP contribution in [0.1, 0.15) is 5.76 Å². The normalized spacial score (nSPS) is 10.9. The number of hydrogen-bond acceptors (Lipinski definition) is 5. The summed E-state index contributed by atoms with van der Waals surface area (Å²) in [6.07, 6.45) is 0. The molecule has 5 nitrogen and oxygen atoms in total. The van der Waals surface area contributed by atoms with E-state index in [1.54, 1.807) is 6.92 Å². The summed E-state index contributed by atoms with van der Waals surface area (Å²) in [6, 6.07) is 0. The quantitative estimate of drug-likeness (QED) is 0.667. The van der Waals surface area contributed by atoms with Crippen LogP contribution in [0.4, 0.5) is 11.8 Å². The number of aromatic nitrogens is 2. The van der Waals surface area contributed by atoms with Crippen LogP contribution in [0.3, 0.4) is 0 Å². The number of nitrogen functional groups attached to an aromatic ring is 2. The molecule has 2 rings (SSSR count). The van der Waals surface area contributed by atoms with Crippen molar-refractivity contribution >= 4 is 34.5 Å². The minimum atomic E-state index is 0.0791. The van der Waals surface area contributed by atoms with Crippen LogP contribution in [-0.4, -0.2) is 9.97 Å². The van der Waals surface area contributed by atoms with Crippen molar-refractivity contribution in [3.63, 3.8) is 0 Å². The Balaban J connectivity index is 2.94. The molecule has 0 saturated heterocycles. The number of fused-ring (bicyclic) bond motifs is 1. The highest BCUT2D eigenvalue weighted by atomic mass is 35.5. The lowest BCUT2D eigenvalue weighted by Gasteiger charge is -1.95. The van der Waals surface area contributed by atoms with Gasteiger partial charge in [0.25, 0.3) is 0 Å². The zero-order valence-electron chi connectivity index (χ0n) is 6.84. The first-order chi connectivity index (χ1) is 6.09. The highest BCUT2D eigenvalue weighted by Gasteiger charge is 2.14. The molecular formula is C7H7ClN4O. The Labute approximate surface area is 78.7 Å². The lowest BCUT2D eigenvalue weighted by atomic mass is 10.3. The van der Waals surface area contributed by atoms with Crippen LogP contribution in [0.5, 0.6) is 0 Å². The summed E-state index contributed by atoms with van der Waals surface area (Å²) in [6.45, 7) is 1.72. The van der Waals surface area contributed by atoms with Crippen LogP contribution in [0.25, 0.3) is 11.1 Å². The molecule has 0 saturated carbocycles. The van der Waals surface area contributed by atoms with Gasteiger partial charge in [0.05, 0.1) is 5.02 Å². The molecule has 0 radical (unpaired) electrons. The van der Waals surface area contributed by atoms with Gasteiger partial charge < -0.3 is 15.9 Å². The molecule has 13 heavy (non-hydrogen) atoms. The van der Waals surface area contributed by atoms with Gasteiger partial charge in [-0.3, -0.25) is 0 Å². The predicted octanol–water partition coefficient (Wildman–Crippen LogP) is 1.35. The molecular weight excluding hydrogens is 192 g/mol. The fraction of sp³-hybridized carbons (Fsp3) is 0.143. The Kier molecular flexibility index (Phi) is 1.56. The number of nitrogens with two attached hydrogens (primary N) is 2. The van der Waals surface area contributed by atoms with Crippen molar-refractivity contribution in [3.8, 4) is 0 Å². The molecule has 0 atom stereocenters. The summed E-state index contributed by atoms with van der Waals surface area (Å²) in [5.41, 5.74) is 11.3. The van der Waals surface area contributed by atoms with Crippen molar-refractivity contribution in [2.75, 3.05) is 11.5 Å². The molecule has 6 heteroatoms. The number of rotatable bonds is 0. The van der Waals surface area contributed by atoms with E-state index in [0.29, 0.717) is 21.9 Å². The monoisotopic (exact) mass is 198 g/mol. The van der Waals surface area contributed by atoms with E-state index in [0.717, 1.165) is 0 Å². The maximum Gasteiger partial charge on any atom is 0.234 e. The van der Waals surface area contributed by atoms with Gasteiger partial charge in [0.2, 0.25) is 11.7 Å². The second-order valence-corrected chi connectivity index (χ2v) is 3.00. The number of halogens is 1. The first-order valence-electron chi connectivity index (χ1n) is 3.57. The molecule has 0 bridgehead atoms. The van der Waals surface area contributed by atoms with Gasteiger partial charge in [-0.1, -0.05) is 11.6 Å². The lowest BCUT2D eigenvalue weighted by Crippen LogP contribution is -1.99. The molecule has 0 spiro atoms. The lowest BCUT2D eigenvalue weighted by molar-refractivity contribution is 0.568. The van der Waals surface area contributed by atoms with E-state index >= 15 is 0 Å². The molecule has 0 amide bonds. The van der Waals surface area contributed by atoms with Crippen LogP contribution >= 0.6 is 11.6 Å². The van der Waals surface area contributed by atoms with Gasteiger partial charge in [-0.2, -0.15) is 9.97 Å². The molecule has 0 aromatic carbocycles. The third-order valence-corrected chi connectivity index (χ3v) is 2.15. The van der Waals surface area contributed by atoms with Crippen molar-refractivity contribution in [1.82, 2.24) is 9.97 Å². The van der Waals surface area contributed by atoms with Gasteiger partial charge in [-0.05, 0) is 6.92 Å². The summed E-state index contributed by atoms with van der Waals surface area (Å²) in [7, 11) is 0. The van der Waals surface area contributed by atoms with Gasteiger partial charge in [0.15, 0.2) is 0 Å². The second-order valence-electron chi connectivity index (χ2n) is 2.62. The topological polar surface area (TPSA) is 91.0 Å². The highest BCUT2D eigenvalue weighted by Crippen LogP contribution is 2.32. The number of anilines is 2. The first kappa shape index (κ1) is 8.12. The Bertz CT molecular complexity index is 479. The van der Waals surface area contributed by atoms with Gasteiger partial charge in [-0.15, -0.1) is 0 Å². The van der Waals surface area contributed by atoms with Crippen molar-refractivity contribution in [2.45, 2.75) is 6.92 Å². The SMILES string of the molecule is Cc1oc2nc(N)nc(N)c2c1Cl. The molecule has 68 valence electrons. The average molecular weight is 199 g/mol. The summed E-state index contributed by atoms with van der Waals surface area (Å²) >= 11 is 5.90. The molecule has 2 aromatic heterocycles. The van der Waals surface area contributed by atoms with Crippen LogP contribution in [-0.2, 0) is 0 Å². The van der Waals surface area contributed by atoms with E-state index in [1.807, 2.05) is 0 Å². The maximum atomic E-state index is 5.90. The summed E-state index contributed by atoms with van der Waals surface area (Å²) in [4.78, 5) is 7.63. The maximum absolute atomic E-state index is 5.90. The average Bonchev–Trinajstić information content (AvgIpc) is 2.27. The minimum absolute atomic E-state index is 0.0791. The standard InChI is InChI=1S/C7H7ClN4O/c1-2-4(8)3-5(9)11-7(10)12-6(3)13-2/h1H3,(H4,9,10,11,12). The van der Waals surface area contributed by atoms with Crippen LogP contribution in [0, 0.1) is 6.92 Å². The Morgan fingerprint density at radius 3 is 2.69 bits per heavy atom. The zero-order valence-corrected chi connectivity index (χ0v) is 7.59. The minimum Gasteiger partial charge on any atom is -0.441 e. The van der Waals surface area contributed by atoms with Gasteiger partial charge in [0, 0.05) is 0 Å². The number of aryl methyl sites for hydroxylation is 1. The van der Waals surface area contributed by atoms with E-state index in [2.05, 4.69) is 9.97 Å². The molecule has 0 aliphatic rings. The zero-order chi connectivity index (χ0) is 9.59. The van der Waals surface area contributed by atoms with E-state index in [9.17, 15) is 0 Å². The van der Waals surface area contributed by atoms with E-state index in [1.165, 1.54) is 0 Å². The molecule has 0 fully saturated rings. The fourth-order valence-corrected chi connectivity index (χ4v) is 1.34. The molecule has 0 unspecified atom stereocenters. The molecule has 2 heterocycles. The second kappa shape index (κ2) is 2.50. The van der Waals surface area contributed by atoms with E-state index in [4.69, 9.17) is 27.5 Å². The van der Waals surface area contributed by atoms with Gasteiger partial charge in [-0.25, -0.2) is 0 Å². The van der Waals surface area contributed by atoms with E-state index in [-0.39, 0.29) is 11.8 Å². The van der Waals surface area contributed by atoms with Crippen LogP contribution in [0.2, 0.25) is 5.02 Å². The summed E-state index contributed by atoms with van der Waals surface area (Å²) in [5, 5.41) is 0.959. The van der Waals surface area contributed by atoms with Crippen LogP contribution in [0.15, 0.2) is 4.42 Å². The largest absolute Gasteiger partial charge is 0.441 e. The van der Waals surface area contributed by atoms with Gasteiger partial charge >= 0.3 is 0 Å². The molecule has 4 N–H and O–H groups in total. The Morgan fingerprint density at radius 2 is 2.00 bits per heavy atom. The first-order valence-corrected chi connectivity index (χ1v) is 3.95. The predicted molar refractivity (Wildman–Crippen MR) is 50.4 cm³/mol. The number of furan rings is 1. The number of nitrogens with zero attached hydrogens (tertiary/aromatic N) is 2. The highest BCUT2D eigenvalue weighted by molar-refractivity contribution is 6.36. The smallest absolute Gasteiger partial charge is 0.234 e. The third kappa shape index (κ3) is 1.08. The van der Waals surface area contributed by atoms with Crippen molar-refractivity contribution in [1.29, 1.82) is 0 Å². The fourth-order valence-electron chi connectivity index (χ4n) is 1.12. The van der Waals surface area contributed by atoms with Crippen LogP contribution < -0.4 is 11.5 Å². The Hall–Kier alpha value is -1.49. The van der Waals surface area contributed by atoms with Crippen molar-refractivity contribution in [2.24, 2.45) is 0 Å². The van der Waals surface area contributed by atoms with Crippen molar-refractivity contribution < 1.29 is 4.42 Å². The van der Waals surface area contributed by atoms with Gasteiger partial charge in [0.1, 0.15) is 17.0 Å². The number of hydrogen-bond donors (Lipinski definition) is 2. The summed E-state index contributed by atoms with van der Waals surface area (Å²) in [5.74, 6) is 0.878. The van der Waals surface area contributed by atoms with E-state index < -0.39 is 0 Å². The third-order valence-electron chi connectivity index (χ3n) is 1.70. The Morgan fingerprint density at radius 1 is 1.31 bits per heavy atom.